The van der Waals surface area contributed by atoms with E-state index in [1.807, 2.05) is 67.6 Å². The first-order valence-electron chi connectivity index (χ1n) is 9.50. The highest BCUT2D eigenvalue weighted by molar-refractivity contribution is 6.09. The summed E-state index contributed by atoms with van der Waals surface area (Å²) in [7, 11) is 0. The lowest BCUT2D eigenvalue weighted by atomic mass is 9.88. The number of carbonyl (C=O) groups excluding carboxylic acids is 1. The van der Waals surface area contributed by atoms with Gasteiger partial charge in [0.1, 0.15) is 17.1 Å². The third-order valence-electron chi connectivity index (χ3n) is 5.12. The topological polar surface area (TPSA) is 67.8 Å². The molecule has 1 atom stereocenters. The molecule has 1 aliphatic rings. The minimum atomic E-state index is -1.17. The molecule has 0 saturated carbocycles. The van der Waals surface area contributed by atoms with Gasteiger partial charge in [0.25, 0.3) is 5.91 Å². The lowest BCUT2D eigenvalue weighted by molar-refractivity contribution is -0.00162. The van der Waals surface area contributed by atoms with E-state index < -0.39 is 5.60 Å². The van der Waals surface area contributed by atoms with Gasteiger partial charge in [0.05, 0.1) is 25.3 Å². The van der Waals surface area contributed by atoms with Crippen LogP contribution in [0, 0.1) is 0 Å². The Labute approximate surface area is 163 Å². The number of ether oxygens (including phenoxy) is 2. The molecule has 0 aliphatic carbocycles. The van der Waals surface area contributed by atoms with E-state index in [2.05, 4.69) is 5.32 Å². The largest absolute Gasteiger partial charge is 0.493 e. The number of rotatable bonds is 5. The fourth-order valence-corrected chi connectivity index (χ4v) is 3.70. The minimum Gasteiger partial charge on any atom is -0.493 e. The van der Waals surface area contributed by atoms with E-state index in [-0.39, 0.29) is 12.5 Å². The maximum Gasteiger partial charge on any atom is 0.255 e. The fourth-order valence-electron chi connectivity index (χ4n) is 3.70. The molecule has 2 N–H and O–H groups in total. The predicted molar refractivity (Wildman–Crippen MR) is 108 cm³/mol. The lowest BCUT2D eigenvalue weighted by Gasteiger charge is -2.34. The molecular weight excluding hydrogens is 354 g/mol. The molecule has 1 aliphatic heterocycles. The third-order valence-corrected chi connectivity index (χ3v) is 5.12. The second-order valence-electron chi connectivity index (χ2n) is 6.90. The first-order chi connectivity index (χ1) is 13.6. The highest BCUT2D eigenvalue weighted by atomic mass is 16.5. The van der Waals surface area contributed by atoms with Gasteiger partial charge in [-0.3, -0.25) is 4.79 Å². The number of amides is 1. The van der Waals surface area contributed by atoms with Crippen LogP contribution in [0.25, 0.3) is 10.8 Å². The Hall–Kier alpha value is -3.05. The van der Waals surface area contributed by atoms with Crippen LogP contribution in [0.4, 0.5) is 0 Å². The molecule has 5 heteroatoms. The molecule has 0 aromatic heterocycles. The maximum absolute atomic E-state index is 13.1. The van der Waals surface area contributed by atoms with Crippen molar-refractivity contribution in [2.75, 3.05) is 19.8 Å². The van der Waals surface area contributed by atoms with Gasteiger partial charge in [-0.05, 0) is 29.8 Å². The van der Waals surface area contributed by atoms with E-state index in [1.54, 1.807) is 0 Å². The molecule has 0 spiro atoms. The Kier molecular flexibility index (Phi) is 4.92. The quantitative estimate of drug-likeness (QED) is 0.712. The van der Waals surface area contributed by atoms with Gasteiger partial charge in [0, 0.05) is 12.0 Å². The second kappa shape index (κ2) is 7.52. The zero-order valence-corrected chi connectivity index (χ0v) is 15.8. The number of nitrogens with one attached hydrogen (secondary N) is 1. The summed E-state index contributed by atoms with van der Waals surface area (Å²) in [6.45, 7) is 2.86. The third kappa shape index (κ3) is 3.29. The molecule has 3 aromatic rings. The average molecular weight is 377 g/mol. The second-order valence-corrected chi connectivity index (χ2v) is 6.90. The minimum absolute atomic E-state index is 0.0982. The van der Waals surface area contributed by atoms with E-state index in [0.29, 0.717) is 42.3 Å². The van der Waals surface area contributed by atoms with Crippen LogP contribution in [-0.2, 0) is 5.60 Å². The van der Waals surface area contributed by atoms with Crippen molar-refractivity contribution in [2.45, 2.75) is 18.9 Å². The van der Waals surface area contributed by atoms with Crippen molar-refractivity contribution in [1.29, 1.82) is 0 Å². The maximum atomic E-state index is 13.1. The van der Waals surface area contributed by atoms with Crippen LogP contribution in [0.5, 0.6) is 11.5 Å². The van der Waals surface area contributed by atoms with Gasteiger partial charge in [0.15, 0.2) is 0 Å². The molecule has 1 amide bonds. The molecule has 0 radical (unpaired) electrons. The summed E-state index contributed by atoms with van der Waals surface area (Å²) in [6, 6.07) is 18.9. The van der Waals surface area contributed by atoms with E-state index in [9.17, 15) is 9.90 Å². The standard InChI is InChI=1S/C23H23NO4/c1-2-27-20-12-11-16-7-3-4-8-17(16)21(20)22(25)24-15-23(26)13-14-28-19-10-6-5-9-18(19)23/h3-12,26H,2,13-15H2,1H3,(H,24,25). The first-order valence-corrected chi connectivity index (χ1v) is 9.50. The zero-order valence-electron chi connectivity index (χ0n) is 15.8. The summed E-state index contributed by atoms with van der Waals surface area (Å²) < 4.78 is 11.3. The molecule has 5 nitrogen and oxygen atoms in total. The van der Waals surface area contributed by atoms with Crippen LogP contribution in [0.3, 0.4) is 0 Å². The van der Waals surface area contributed by atoms with Crippen molar-refractivity contribution in [3.05, 3.63) is 71.8 Å². The SMILES string of the molecule is CCOc1ccc2ccccc2c1C(=O)NCC1(O)CCOc2ccccc21. The van der Waals surface area contributed by atoms with Crippen molar-refractivity contribution in [3.63, 3.8) is 0 Å². The fraction of sp³-hybridized carbons (Fsp3) is 0.261. The smallest absolute Gasteiger partial charge is 0.255 e. The summed E-state index contributed by atoms with van der Waals surface area (Å²) in [5, 5.41) is 15.9. The lowest BCUT2D eigenvalue weighted by Crippen LogP contribution is -2.44. The molecule has 1 unspecified atom stereocenters. The number of benzene rings is 3. The predicted octanol–water partition coefficient (Wildman–Crippen LogP) is 3.64. The zero-order chi connectivity index (χ0) is 19.6. The summed E-state index contributed by atoms with van der Waals surface area (Å²) in [6.07, 6.45) is 0.415. The highest BCUT2D eigenvalue weighted by Crippen LogP contribution is 2.36. The van der Waals surface area contributed by atoms with Gasteiger partial charge in [-0.15, -0.1) is 0 Å². The number of hydrogen-bond acceptors (Lipinski definition) is 4. The molecule has 0 saturated heterocycles. The first kappa shape index (κ1) is 18.3. The van der Waals surface area contributed by atoms with Gasteiger partial charge in [-0.2, -0.15) is 0 Å². The van der Waals surface area contributed by atoms with Crippen molar-refractivity contribution in [2.24, 2.45) is 0 Å². The van der Waals surface area contributed by atoms with Gasteiger partial charge in [0.2, 0.25) is 0 Å². The molecule has 0 fully saturated rings. The average Bonchev–Trinajstić information content (AvgIpc) is 2.72. The molecule has 144 valence electrons. The van der Waals surface area contributed by atoms with Crippen molar-refractivity contribution < 1.29 is 19.4 Å². The number of aliphatic hydroxyl groups is 1. The molecule has 0 bridgehead atoms. The Bertz CT molecular complexity index is 1020. The molecule has 4 rings (SSSR count). The van der Waals surface area contributed by atoms with Crippen LogP contribution in [0.15, 0.2) is 60.7 Å². The molecule has 3 aromatic carbocycles. The molecular formula is C23H23NO4. The molecule has 1 heterocycles. The van der Waals surface area contributed by atoms with Gasteiger partial charge < -0.3 is 19.9 Å². The Morgan fingerprint density at radius 1 is 1.14 bits per heavy atom. The van der Waals surface area contributed by atoms with Crippen LogP contribution in [0.1, 0.15) is 29.3 Å². The number of para-hydroxylation sites is 1. The molecule has 28 heavy (non-hydrogen) atoms. The van der Waals surface area contributed by atoms with E-state index in [4.69, 9.17) is 9.47 Å². The van der Waals surface area contributed by atoms with Crippen LogP contribution < -0.4 is 14.8 Å². The van der Waals surface area contributed by atoms with Crippen LogP contribution in [-0.4, -0.2) is 30.8 Å². The Morgan fingerprint density at radius 2 is 1.93 bits per heavy atom. The summed E-state index contributed by atoms with van der Waals surface area (Å²) in [5.74, 6) is 0.932. The van der Waals surface area contributed by atoms with Crippen molar-refractivity contribution >= 4 is 16.7 Å². The van der Waals surface area contributed by atoms with Crippen molar-refractivity contribution in [3.8, 4) is 11.5 Å². The number of carbonyl (C=O) groups is 1. The normalized spacial score (nSPS) is 18.2. The summed E-state index contributed by atoms with van der Waals surface area (Å²) in [4.78, 5) is 13.1. The Morgan fingerprint density at radius 3 is 2.79 bits per heavy atom. The van der Waals surface area contributed by atoms with Gasteiger partial charge >= 0.3 is 0 Å². The Balaban J connectivity index is 1.64. The van der Waals surface area contributed by atoms with E-state index in [0.717, 1.165) is 10.8 Å². The summed E-state index contributed by atoms with van der Waals surface area (Å²) in [5.41, 5.74) is 0.0225. The number of fused-ring (bicyclic) bond motifs is 2. The number of hydrogen-bond donors (Lipinski definition) is 2. The van der Waals surface area contributed by atoms with Crippen LogP contribution in [0.2, 0.25) is 0 Å². The monoisotopic (exact) mass is 377 g/mol. The summed E-state index contributed by atoms with van der Waals surface area (Å²) >= 11 is 0. The van der Waals surface area contributed by atoms with Crippen LogP contribution >= 0.6 is 0 Å². The van der Waals surface area contributed by atoms with E-state index in [1.165, 1.54) is 0 Å². The highest BCUT2D eigenvalue weighted by Gasteiger charge is 2.36. The van der Waals surface area contributed by atoms with Gasteiger partial charge in [-0.1, -0.05) is 48.5 Å². The van der Waals surface area contributed by atoms with Crippen molar-refractivity contribution in [1.82, 2.24) is 5.32 Å². The van der Waals surface area contributed by atoms with Gasteiger partial charge in [-0.25, -0.2) is 0 Å². The van der Waals surface area contributed by atoms with E-state index >= 15 is 0 Å².